The SMILES string of the molecule is C#Cc1ccccc1OCC(=O)Nc1cccc(C(=O)O)c1.c1cc2ccc1-2. The Morgan fingerprint density at radius 2 is 1.64 bits per heavy atom. The largest absolute Gasteiger partial charge is 0.482 e. The van der Waals surface area contributed by atoms with Crippen molar-refractivity contribution in [3.05, 3.63) is 83.9 Å². The number of fused-ring (bicyclic) bond motifs is 1. The van der Waals surface area contributed by atoms with Crippen molar-refractivity contribution in [1.29, 1.82) is 0 Å². The highest BCUT2D eigenvalue weighted by Gasteiger charge is 2.08. The Morgan fingerprint density at radius 1 is 0.964 bits per heavy atom. The summed E-state index contributed by atoms with van der Waals surface area (Å²) >= 11 is 0. The summed E-state index contributed by atoms with van der Waals surface area (Å²) in [5.41, 5.74) is 3.89. The molecule has 0 spiro atoms. The predicted molar refractivity (Wildman–Crippen MR) is 107 cm³/mol. The molecule has 0 saturated carbocycles. The summed E-state index contributed by atoms with van der Waals surface area (Å²) in [5.74, 6) is 1.44. The maximum Gasteiger partial charge on any atom is 0.335 e. The molecule has 0 radical (unpaired) electrons. The van der Waals surface area contributed by atoms with Gasteiger partial charge in [0.15, 0.2) is 6.61 Å². The fraction of sp³-hybridized carbons (Fsp3) is 0.0435. The molecule has 5 nitrogen and oxygen atoms in total. The quantitative estimate of drug-likeness (QED) is 0.519. The van der Waals surface area contributed by atoms with E-state index in [1.165, 1.54) is 23.3 Å². The van der Waals surface area contributed by atoms with Gasteiger partial charge >= 0.3 is 5.97 Å². The first-order chi connectivity index (χ1) is 13.6. The summed E-state index contributed by atoms with van der Waals surface area (Å²) in [6.45, 7) is -0.226. The van der Waals surface area contributed by atoms with Crippen molar-refractivity contribution < 1.29 is 19.4 Å². The zero-order valence-electron chi connectivity index (χ0n) is 14.9. The maximum absolute atomic E-state index is 11.8. The standard InChI is InChI=1S/C17H13NO4.C6H4/c1-2-12-6-3-4-9-15(12)22-11-16(19)18-14-8-5-7-13(10-14)17(20)21;1-2-6-4-3-5(1)6/h1,3-10H,11H2,(H,18,19)(H,20,21);1-4H. The number of terminal acetylenes is 1. The van der Waals surface area contributed by atoms with Gasteiger partial charge in [-0.15, -0.1) is 6.42 Å². The Labute approximate surface area is 162 Å². The van der Waals surface area contributed by atoms with Crippen LogP contribution in [0.2, 0.25) is 0 Å². The fourth-order valence-electron chi connectivity index (χ4n) is 2.44. The normalized spacial score (nSPS) is 9.96. The molecule has 0 aromatic heterocycles. The molecule has 28 heavy (non-hydrogen) atoms. The molecule has 5 heteroatoms. The van der Waals surface area contributed by atoms with Crippen LogP contribution >= 0.6 is 0 Å². The Morgan fingerprint density at radius 3 is 2.21 bits per heavy atom. The monoisotopic (exact) mass is 371 g/mol. The van der Waals surface area contributed by atoms with Crippen LogP contribution in [-0.2, 0) is 4.79 Å². The third kappa shape index (κ3) is 4.57. The highest BCUT2D eigenvalue weighted by Crippen LogP contribution is 2.29. The van der Waals surface area contributed by atoms with Crippen molar-refractivity contribution in [2.75, 3.05) is 11.9 Å². The second-order valence-electron chi connectivity index (χ2n) is 5.94. The number of rotatable bonds is 5. The molecule has 2 aliphatic rings. The van der Waals surface area contributed by atoms with Gasteiger partial charge in [0.2, 0.25) is 0 Å². The molecule has 1 amide bonds. The minimum absolute atomic E-state index is 0.0939. The number of carbonyl (C=O) groups is 2. The van der Waals surface area contributed by atoms with Gasteiger partial charge in [0.1, 0.15) is 5.75 Å². The average Bonchev–Trinajstić information content (AvgIpc) is 2.70. The van der Waals surface area contributed by atoms with Crippen molar-refractivity contribution in [2.45, 2.75) is 0 Å². The van der Waals surface area contributed by atoms with Crippen LogP contribution < -0.4 is 10.1 Å². The molecule has 0 heterocycles. The van der Waals surface area contributed by atoms with Crippen LogP contribution in [0.25, 0.3) is 11.1 Å². The molecule has 0 fully saturated rings. The van der Waals surface area contributed by atoms with Crippen LogP contribution in [-0.4, -0.2) is 23.6 Å². The predicted octanol–water partition coefficient (Wildman–Crippen LogP) is 4.05. The Bertz CT molecular complexity index is 1030. The number of carbonyl (C=O) groups excluding carboxylic acids is 1. The Balaban J connectivity index is 0.000000311. The van der Waals surface area contributed by atoms with Gasteiger partial charge in [-0.25, -0.2) is 4.79 Å². The van der Waals surface area contributed by atoms with Gasteiger partial charge in [-0.3, -0.25) is 4.79 Å². The Kier molecular flexibility index (Phi) is 5.73. The fourth-order valence-corrected chi connectivity index (χ4v) is 2.44. The second kappa shape index (κ2) is 8.56. The van der Waals surface area contributed by atoms with Crippen LogP contribution in [0, 0.1) is 12.3 Å². The van der Waals surface area contributed by atoms with E-state index in [2.05, 4.69) is 35.5 Å². The van der Waals surface area contributed by atoms with Crippen molar-refractivity contribution in [3.8, 4) is 29.2 Å². The van der Waals surface area contributed by atoms with Crippen LogP contribution in [0.1, 0.15) is 15.9 Å². The van der Waals surface area contributed by atoms with Crippen LogP contribution in [0.3, 0.4) is 0 Å². The molecule has 0 atom stereocenters. The van der Waals surface area contributed by atoms with Crippen molar-refractivity contribution >= 4 is 17.6 Å². The van der Waals surface area contributed by atoms with Crippen LogP contribution in [0.5, 0.6) is 5.75 Å². The van der Waals surface area contributed by atoms with Crippen LogP contribution in [0.4, 0.5) is 5.69 Å². The summed E-state index contributed by atoms with van der Waals surface area (Å²) in [6.07, 6.45) is 5.34. The molecule has 0 unspecified atom stereocenters. The lowest BCUT2D eigenvalue weighted by Gasteiger charge is -2.10. The van der Waals surface area contributed by atoms with E-state index in [0.29, 0.717) is 17.0 Å². The van der Waals surface area contributed by atoms with Gasteiger partial charge in [-0.2, -0.15) is 0 Å². The first-order valence-electron chi connectivity index (χ1n) is 8.49. The third-order valence-electron chi connectivity index (χ3n) is 4.01. The number of hydrogen-bond acceptors (Lipinski definition) is 3. The summed E-state index contributed by atoms with van der Waals surface area (Å²) in [7, 11) is 0. The number of nitrogens with one attached hydrogen (secondary N) is 1. The molecule has 0 aliphatic heterocycles. The first kappa shape index (κ1) is 18.7. The molecule has 2 aromatic rings. The number of anilines is 1. The van der Waals surface area contributed by atoms with Gasteiger partial charge in [0.25, 0.3) is 5.91 Å². The van der Waals surface area contributed by atoms with E-state index in [4.69, 9.17) is 16.3 Å². The van der Waals surface area contributed by atoms with E-state index in [9.17, 15) is 9.59 Å². The van der Waals surface area contributed by atoms with Crippen molar-refractivity contribution in [1.82, 2.24) is 0 Å². The third-order valence-corrected chi connectivity index (χ3v) is 4.01. The lowest BCUT2D eigenvalue weighted by molar-refractivity contribution is -0.118. The Hall–Kier alpha value is -4.04. The summed E-state index contributed by atoms with van der Waals surface area (Å²) in [4.78, 5) is 22.7. The molecule has 0 bridgehead atoms. The van der Waals surface area contributed by atoms with Crippen molar-refractivity contribution in [3.63, 3.8) is 0 Å². The summed E-state index contributed by atoms with van der Waals surface area (Å²) < 4.78 is 5.37. The number of para-hydroxylation sites is 1. The molecule has 2 aromatic carbocycles. The molecular formula is C23H17NO4. The van der Waals surface area contributed by atoms with Gasteiger partial charge in [-0.05, 0) is 41.5 Å². The van der Waals surface area contributed by atoms with E-state index in [1.807, 2.05) is 0 Å². The van der Waals surface area contributed by atoms with E-state index >= 15 is 0 Å². The number of benzene rings is 3. The minimum Gasteiger partial charge on any atom is -0.482 e. The molecule has 2 aliphatic carbocycles. The maximum atomic E-state index is 11.8. The number of amides is 1. The van der Waals surface area contributed by atoms with Gasteiger partial charge in [-0.1, -0.05) is 48.4 Å². The average molecular weight is 371 g/mol. The van der Waals surface area contributed by atoms with E-state index in [-0.39, 0.29) is 12.2 Å². The van der Waals surface area contributed by atoms with E-state index in [1.54, 1.807) is 36.4 Å². The smallest absolute Gasteiger partial charge is 0.335 e. The van der Waals surface area contributed by atoms with Crippen molar-refractivity contribution in [2.24, 2.45) is 0 Å². The highest BCUT2D eigenvalue weighted by molar-refractivity contribution is 5.94. The van der Waals surface area contributed by atoms with Gasteiger partial charge in [0, 0.05) is 5.69 Å². The topological polar surface area (TPSA) is 75.6 Å². The zero-order chi connectivity index (χ0) is 19.9. The van der Waals surface area contributed by atoms with Crippen LogP contribution in [0.15, 0.2) is 72.8 Å². The number of hydrogen-bond donors (Lipinski definition) is 2. The van der Waals surface area contributed by atoms with E-state index in [0.717, 1.165) is 0 Å². The molecular weight excluding hydrogens is 354 g/mol. The molecule has 2 N–H and O–H groups in total. The molecule has 0 saturated heterocycles. The number of carboxylic acids is 1. The zero-order valence-corrected chi connectivity index (χ0v) is 14.9. The molecule has 138 valence electrons. The lowest BCUT2D eigenvalue weighted by Crippen LogP contribution is -2.20. The molecule has 4 rings (SSSR count). The number of aromatic carboxylic acids is 1. The number of carboxylic acid groups (broad SMARTS) is 1. The summed E-state index contributed by atoms with van der Waals surface area (Å²) in [6, 6.07) is 21.4. The van der Waals surface area contributed by atoms with Gasteiger partial charge < -0.3 is 15.2 Å². The summed E-state index contributed by atoms with van der Waals surface area (Å²) in [5, 5.41) is 11.5. The van der Waals surface area contributed by atoms with E-state index < -0.39 is 11.9 Å². The lowest BCUT2D eigenvalue weighted by atomic mass is 9.95. The number of ether oxygens (including phenoxy) is 1. The van der Waals surface area contributed by atoms with Gasteiger partial charge in [0.05, 0.1) is 11.1 Å². The highest BCUT2D eigenvalue weighted by atomic mass is 16.5. The first-order valence-corrected chi connectivity index (χ1v) is 8.49. The minimum atomic E-state index is -1.06. The second-order valence-corrected chi connectivity index (χ2v) is 5.94.